The third-order valence-corrected chi connectivity index (χ3v) is 6.12. The molecule has 1 saturated heterocycles. The minimum absolute atomic E-state index is 0.00619. The third kappa shape index (κ3) is 5.33. The molecular formula is C22H30N10O2. The summed E-state index contributed by atoms with van der Waals surface area (Å²) in [6.07, 6.45) is 4.88. The van der Waals surface area contributed by atoms with E-state index >= 15 is 0 Å². The number of aliphatic imine (C=N–C) groups is 1. The summed E-state index contributed by atoms with van der Waals surface area (Å²) in [6.45, 7) is 3.98. The van der Waals surface area contributed by atoms with E-state index in [0.717, 1.165) is 31.4 Å². The zero-order valence-electron chi connectivity index (χ0n) is 19.2. The van der Waals surface area contributed by atoms with E-state index in [4.69, 9.17) is 11.5 Å². The van der Waals surface area contributed by atoms with E-state index < -0.39 is 5.91 Å². The van der Waals surface area contributed by atoms with Gasteiger partial charge >= 0.3 is 6.03 Å². The van der Waals surface area contributed by atoms with Crippen LogP contribution in [0.15, 0.2) is 29.4 Å². The highest BCUT2D eigenvalue weighted by molar-refractivity contribution is 6.07. The van der Waals surface area contributed by atoms with Crippen LogP contribution in [-0.4, -0.2) is 69.5 Å². The molecule has 2 aromatic rings. The molecule has 0 atom stereocenters. The lowest BCUT2D eigenvalue weighted by molar-refractivity contribution is 0.0971. The second kappa shape index (κ2) is 9.89. The number of hydrogen-bond acceptors (Lipinski definition) is 9. The number of anilines is 2. The van der Waals surface area contributed by atoms with Gasteiger partial charge in [0.25, 0.3) is 5.91 Å². The van der Waals surface area contributed by atoms with Gasteiger partial charge in [-0.2, -0.15) is 0 Å². The van der Waals surface area contributed by atoms with Crippen LogP contribution >= 0.6 is 0 Å². The van der Waals surface area contributed by atoms with Gasteiger partial charge in [-0.25, -0.2) is 14.8 Å². The van der Waals surface area contributed by atoms with Crippen LogP contribution in [0.5, 0.6) is 0 Å². The maximum atomic E-state index is 12.6. The van der Waals surface area contributed by atoms with Crippen LogP contribution in [0.4, 0.5) is 16.4 Å². The summed E-state index contributed by atoms with van der Waals surface area (Å²) in [6, 6.07) is 5.78. The molecule has 1 fully saturated rings. The maximum Gasteiger partial charge on any atom is 0.317 e. The maximum absolute atomic E-state index is 12.6. The lowest BCUT2D eigenvalue weighted by Gasteiger charge is -2.39. The van der Waals surface area contributed by atoms with Gasteiger partial charge in [-0.15, -0.1) is 0 Å². The number of rotatable bonds is 5. The molecule has 2 aliphatic rings. The average Bonchev–Trinajstić information content (AvgIpc) is 3.21. The van der Waals surface area contributed by atoms with Crippen molar-refractivity contribution < 1.29 is 9.59 Å². The first-order chi connectivity index (χ1) is 16.3. The molecule has 2 aromatic heterocycles. The monoisotopic (exact) mass is 466 g/mol. The van der Waals surface area contributed by atoms with Crippen molar-refractivity contribution in [2.75, 3.05) is 37.6 Å². The molecule has 7 N–H and O–H groups in total. The number of nitrogens with zero attached hydrogens (tertiary/aromatic N) is 5. The van der Waals surface area contributed by atoms with E-state index in [1.807, 2.05) is 23.1 Å². The largest absolute Gasteiger partial charge is 0.382 e. The Morgan fingerprint density at radius 1 is 1.18 bits per heavy atom. The van der Waals surface area contributed by atoms with Crippen LogP contribution in [-0.2, 0) is 6.42 Å². The Kier molecular flexibility index (Phi) is 6.75. The summed E-state index contributed by atoms with van der Waals surface area (Å²) in [5.74, 6) is 0.0219. The molecule has 0 bridgehead atoms. The van der Waals surface area contributed by atoms with Crippen LogP contribution < -0.4 is 27.4 Å². The first kappa shape index (κ1) is 23.2. The topological polar surface area (TPSA) is 177 Å². The second-order valence-electron chi connectivity index (χ2n) is 8.60. The fraction of sp³-hybridized carbons (Fsp3) is 0.455. The molecule has 0 saturated carbocycles. The fourth-order valence-corrected chi connectivity index (χ4v) is 4.05. The number of carbonyl (C=O) groups is 2. The highest BCUT2D eigenvalue weighted by Crippen LogP contribution is 2.26. The standard InChI is InChI=1S/C22H30N10O2/c1-14-17(23)29-18(24)16(28-14)19(33)30-20-27-13-22(31-20)7-11-32(12-8-22)21(34)26-10-4-6-15-5-2-3-9-25-15/h2-3,5,9H,4,6-8,10-13H2,1H3,(H,26,34)(H4,23,24,29)(H2,27,30,31,33). The highest BCUT2D eigenvalue weighted by atomic mass is 16.2. The predicted molar refractivity (Wildman–Crippen MR) is 128 cm³/mol. The zero-order chi connectivity index (χ0) is 24.1. The zero-order valence-corrected chi connectivity index (χ0v) is 19.2. The number of hydrogen-bond donors (Lipinski definition) is 5. The molecular weight excluding hydrogens is 436 g/mol. The number of nitrogens with two attached hydrogens (primary N) is 2. The molecule has 1 spiro atoms. The van der Waals surface area contributed by atoms with E-state index in [9.17, 15) is 9.59 Å². The van der Waals surface area contributed by atoms with Crippen molar-refractivity contribution in [1.82, 2.24) is 35.8 Å². The van der Waals surface area contributed by atoms with E-state index in [-0.39, 0.29) is 28.9 Å². The molecule has 0 unspecified atom stereocenters. The van der Waals surface area contributed by atoms with Crippen LogP contribution in [0.3, 0.4) is 0 Å². The van der Waals surface area contributed by atoms with Crippen molar-refractivity contribution in [3.05, 3.63) is 41.5 Å². The summed E-state index contributed by atoms with van der Waals surface area (Å²) in [4.78, 5) is 43.7. The fourth-order valence-electron chi connectivity index (χ4n) is 4.05. The molecule has 0 radical (unpaired) electrons. The number of aryl methyl sites for hydroxylation is 2. The summed E-state index contributed by atoms with van der Waals surface area (Å²) < 4.78 is 0. The normalized spacial score (nSPS) is 16.6. The first-order valence-electron chi connectivity index (χ1n) is 11.3. The first-order valence-corrected chi connectivity index (χ1v) is 11.3. The van der Waals surface area contributed by atoms with E-state index in [2.05, 4.69) is 35.9 Å². The third-order valence-electron chi connectivity index (χ3n) is 6.12. The van der Waals surface area contributed by atoms with Crippen molar-refractivity contribution in [2.24, 2.45) is 4.99 Å². The van der Waals surface area contributed by atoms with Gasteiger partial charge in [0.1, 0.15) is 5.82 Å². The summed E-state index contributed by atoms with van der Waals surface area (Å²) >= 11 is 0. The van der Waals surface area contributed by atoms with Gasteiger partial charge in [-0.3, -0.25) is 20.1 Å². The van der Waals surface area contributed by atoms with Crippen LogP contribution in [0, 0.1) is 6.92 Å². The van der Waals surface area contributed by atoms with Gasteiger partial charge in [0.2, 0.25) is 0 Å². The molecule has 34 heavy (non-hydrogen) atoms. The molecule has 0 aliphatic carbocycles. The molecule has 12 nitrogen and oxygen atoms in total. The van der Waals surface area contributed by atoms with Gasteiger partial charge in [0.05, 0.1) is 17.8 Å². The lowest BCUT2D eigenvalue weighted by atomic mass is 9.88. The SMILES string of the molecule is Cc1nc(C(=O)NC2=NCC3(CCN(C(=O)NCCCc4ccccn4)CC3)N2)c(N)nc1N. The van der Waals surface area contributed by atoms with Crippen LogP contribution in [0.1, 0.15) is 41.1 Å². The molecule has 0 aromatic carbocycles. The minimum atomic E-state index is -0.501. The average molecular weight is 467 g/mol. The van der Waals surface area contributed by atoms with Crippen molar-refractivity contribution in [1.29, 1.82) is 0 Å². The molecule has 4 heterocycles. The minimum Gasteiger partial charge on any atom is -0.382 e. The molecule has 2 aliphatic heterocycles. The van der Waals surface area contributed by atoms with Gasteiger partial charge in [-0.05, 0) is 44.7 Å². The number of guanidine groups is 1. The van der Waals surface area contributed by atoms with Crippen molar-refractivity contribution in [3.63, 3.8) is 0 Å². The van der Waals surface area contributed by atoms with Crippen molar-refractivity contribution in [3.8, 4) is 0 Å². The van der Waals surface area contributed by atoms with Crippen molar-refractivity contribution in [2.45, 2.75) is 38.1 Å². The molecule has 3 amide bonds. The number of urea groups is 1. The number of carbonyl (C=O) groups excluding carboxylic acids is 2. The number of likely N-dealkylation sites (tertiary alicyclic amines) is 1. The van der Waals surface area contributed by atoms with E-state index in [1.165, 1.54) is 0 Å². The Labute approximate surface area is 197 Å². The van der Waals surface area contributed by atoms with Gasteiger partial charge in [0.15, 0.2) is 17.5 Å². The Hall–Kier alpha value is -3.96. The molecule has 4 rings (SSSR count). The van der Waals surface area contributed by atoms with Gasteiger partial charge < -0.3 is 27.0 Å². The number of pyridine rings is 1. The number of piperidine rings is 1. The Balaban J connectivity index is 1.21. The number of amides is 3. The van der Waals surface area contributed by atoms with Crippen molar-refractivity contribution >= 4 is 29.5 Å². The number of aromatic nitrogens is 3. The van der Waals surface area contributed by atoms with Gasteiger partial charge in [0, 0.05) is 31.5 Å². The quantitative estimate of drug-likeness (QED) is 0.388. The number of nitrogen functional groups attached to an aromatic ring is 2. The Bertz CT molecular complexity index is 1080. The van der Waals surface area contributed by atoms with E-state index in [0.29, 0.717) is 37.8 Å². The molecule has 12 heteroatoms. The Morgan fingerprint density at radius 2 is 1.97 bits per heavy atom. The lowest BCUT2D eigenvalue weighted by Crippen LogP contribution is -2.58. The highest BCUT2D eigenvalue weighted by Gasteiger charge is 2.40. The van der Waals surface area contributed by atoms with Gasteiger partial charge in [-0.1, -0.05) is 6.07 Å². The Morgan fingerprint density at radius 3 is 2.71 bits per heavy atom. The van der Waals surface area contributed by atoms with Crippen LogP contribution in [0.25, 0.3) is 0 Å². The number of nitrogens with one attached hydrogen (secondary N) is 3. The van der Waals surface area contributed by atoms with E-state index in [1.54, 1.807) is 13.1 Å². The second-order valence-corrected chi connectivity index (χ2v) is 8.60. The summed E-state index contributed by atoms with van der Waals surface area (Å²) in [5, 5.41) is 9.02. The summed E-state index contributed by atoms with van der Waals surface area (Å²) in [5.41, 5.74) is 12.7. The smallest absolute Gasteiger partial charge is 0.317 e. The summed E-state index contributed by atoms with van der Waals surface area (Å²) in [7, 11) is 0. The molecule has 180 valence electrons. The predicted octanol–water partition coefficient (Wildman–Crippen LogP) is 0.210. The van der Waals surface area contributed by atoms with Crippen LogP contribution in [0.2, 0.25) is 0 Å².